The van der Waals surface area contributed by atoms with Crippen molar-refractivity contribution < 1.29 is 14.6 Å². The van der Waals surface area contributed by atoms with E-state index < -0.39 is 6.10 Å². The van der Waals surface area contributed by atoms with Crippen molar-refractivity contribution in [1.29, 1.82) is 0 Å². The van der Waals surface area contributed by atoms with Gasteiger partial charge in [-0.1, -0.05) is 30.3 Å². The molecule has 0 radical (unpaired) electrons. The summed E-state index contributed by atoms with van der Waals surface area (Å²) in [6.45, 7) is 5.34. The molecule has 5 nitrogen and oxygen atoms in total. The number of phenolic OH excluding ortho intramolecular Hbond substituents is 1. The summed E-state index contributed by atoms with van der Waals surface area (Å²) < 4.78 is 7.94. The first-order chi connectivity index (χ1) is 13.0. The molecule has 136 valence electrons. The van der Waals surface area contributed by atoms with Crippen molar-refractivity contribution in [2.24, 2.45) is 0 Å². The molecular weight excluding hydrogens is 340 g/mol. The van der Waals surface area contributed by atoms with Gasteiger partial charge in [-0.3, -0.25) is 4.79 Å². The Kier molecular flexibility index (Phi) is 4.07. The van der Waals surface area contributed by atoms with Crippen LogP contribution in [-0.2, 0) is 4.79 Å². The van der Waals surface area contributed by atoms with Gasteiger partial charge in [0, 0.05) is 11.1 Å². The molecule has 1 N–H and O–H groups in total. The minimum Gasteiger partial charge on any atom is -0.508 e. The largest absolute Gasteiger partial charge is 0.508 e. The number of para-hydroxylation sites is 1. The number of aromatic hydroxyl groups is 1. The Bertz CT molecular complexity index is 1050. The summed E-state index contributed by atoms with van der Waals surface area (Å²) in [6.07, 6.45) is -0.405. The number of carbonyl (C=O) groups excluding carboxylic acids is 1. The molecular formula is C22H20N2O3. The van der Waals surface area contributed by atoms with E-state index in [1.807, 2.05) is 56.3 Å². The number of fused-ring (bicyclic) bond motifs is 1. The van der Waals surface area contributed by atoms with Gasteiger partial charge >= 0.3 is 0 Å². The number of aromatic nitrogens is 2. The Morgan fingerprint density at radius 3 is 2.41 bits per heavy atom. The summed E-state index contributed by atoms with van der Waals surface area (Å²) in [5.41, 5.74) is 4.77. The van der Waals surface area contributed by atoms with E-state index in [1.54, 1.807) is 23.7 Å². The maximum Gasteiger partial charge on any atom is 0.225 e. The van der Waals surface area contributed by atoms with E-state index >= 15 is 0 Å². The molecule has 0 saturated carbocycles. The van der Waals surface area contributed by atoms with Gasteiger partial charge in [0.1, 0.15) is 11.9 Å². The van der Waals surface area contributed by atoms with Crippen LogP contribution in [0.15, 0.2) is 60.2 Å². The van der Waals surface area contributed by atoms with Gasteiger partial charge in [0.25, 0.3) is 0 Å². The molecule has 5 heteroatoms. The zero-order valence-electron chi connectivity index (χ0n) is 15.4. The Hall–Kier alpha value is -3.34. The number of aryl methyl sites for hydroxylation is 1. The fourth-order valence-corrected chi connectivity index (χ4v) is 3.60. The van der Waals surface area contributed by atoms with Crippen LogP contribution < -0.4 is 4.74 Å². The first-order valence-corrected chi connectivity index (χ1v) is 8.84. The van der Waals surface area contributed by atoms with E-state index in [2.05, 4.69) is 5.10 Å². The first kappa shape index (κ1) is 17.1. The molecule has 0 amide bonds. The molecule has 0 aliphatic carbocycles. The van der Waals surface area contributed by atoms with Crippen LogP contribution >= 0.6 is 0 Å². The Morgan fingerprint density at radius 2 is 1.78 bits per heavy atom. The predicted molar refractivity (Wildman–Crippen MR) is 103 cm³/mol. The molecule has 1 atom stereocenters. The van der Waals surface area contributed by atoms with E-state index in [0.29, 0.717) is 11.5 Å². The normalized spacial score (nSPS) is 16.0. The zero-order chi connectivity index (χ0) is 19.1. The lowest BCUT2D eigenvalue weighted by Crippen LogP contribution is -2.26. The SMILES string of the molecule is CC(=O)C1=C(c2ccc(O)cc2)c2c(C)nn(-c3ccccc3)c2OC1C. The number of benzene rings is 2. The van der Waals surface area contributed by atoms with Crippen LogP contribution in [0.1, 0.15) is 30.7 Å². The second-order valence-electron chi connectivity index (χ2n) is 6.66. The van der Waals surface area contributed by atoms with Gasteiger partial charge in [0.15, 0.2) is 5.78 Å². The van der Waals surface area contributed by atoms with Crippen molar-refractivity contribution in [3.63, 3.8) is 0 Å². The summed E-state index contributed by atoms with van der Waals surface area (Å²) >= 11 is 0. The van der Waals surface area contributed by atoms with Gasteiger partial charge in [0.05, 0.1) is 16.9 Å². The predicted octanol–water partition coefficient (Wildman–Crippen LogP) is 4.06. The van der Waals surface area contributed by atoms with E-state index in [4.69, 9.17) is 4.74 Å². The smallest absolute Gasteiger partial charge is 0.225 e. The molecule has 1 unspecified atom stereocenters. The quantitative estimate of drug-likeness (QED) is 0.765. The van der Waals surface area contributed by atoms with Crippen molar-refractivity contribution in [3.8, 4) is 17.3 Å². The summed E-state index contributed by atoms with van der Waals surface area (Å²) in [6, 6.07) is 16.6. The van der Waals surface area contributed by atoms with Gasteiger partial charge in [0.2, 0.25) is 5.88 Å². The molecule has 1 aliphatic rings. The maximum absolute atomic E-state index is 12.4. The maximum atomic E-state index is 12.4. The number of hydrogen-bond donors (Lipinski definition) is 1. The molecule has 3 aromatic rings. The van der Waals surface area contributed by atoms with Crippen LogP contribution in [0.25, 0.3) is 11.3 Å². The van der Waals surface area contributed by atoms with Crippen LogP contribution in [-0.4, -0.2) is 26.8 Å². The summed E-state index contributed by atoms with van der Waals surface area (Å²) in [5, 5.41) is 14.3. The highest BCUT2D eigenvalue weighted by atomic mass is 16.5. The van der Waals surface area contributed by atoms with E-state index in [-0.39, 0.29) is 11.5 Å². The minimum atomic E-state index is -0.405. The number of rotatable bonds is 3. The highest BCUT2D eigenvalue weighted by Gasteiger charge is 2.34. The molecule has 0 saturated heterocycles. The monoisotopic (exact) mass is 360 g/mol. The number of phenols is 1. The van der Waals surface area contributed by atoms with Crippen LogP contribution in [0.5, 0.6) is 11.6 Å². The van der Waals surface area contributed by atoms with Crippen molar-refractivity contribution in [3.05, 3.63) is 77.0 Å². The van der Waals surface area contributed by atoms with Gasteiger partial charge < -0.3 is 9.84 Å². The van der Waals surface area contributed by atoms with Crippen LogP contribution in [0, 0.1) is 6.92 Å². The Labute approximate surface area is 157 Å². The fourth-order valence-electron chi connectivity index (χ4n) is 3.60. The molecule has 1 aliphatic heterocycles. The number of carbonyl (C=O) groups is 1. The average molecular weight is 360 g/mol. The van der Waals surface area contributed by atoms with E-state index in [0.717, 1.165) is 28.1 Å². The number of ketones is 1. The summed E-state index contributed by atoms with van der Waals surface area (Å²) in [7, 11) is 0. The van der Waals surface area contributed by atoms with Gasteiger partial charge in [-0.05, 0) is 50.6 Å². The fraction of sp³-hybridized carbons (Fsp3) is 0.182. The molecule has 4 rings (SSSR count). The number of ether oxygens (including phenoxy) is 1. The average Bonchev–Trinajstić information content (AvgIpc) is 2.98. The lowest BCUT2D eigenvalue weighted by atomic mass is 9.87. The topological polar surface area (TPSA) is 64.3 Å². The Morgan fingerprint density at radius 1 is 1.11 bits per heavy atom. The third kappa shape index (κ3) is 2.81. The van der Waals surface area contributed by atoms with Crippen LogP contribution in [0.4, 0.5) is 0 Å². The van der Waals surface area contributed by atoms with Crippen LogP contribution in [0.3, 0.4) is 0 Å². The number of nitrogens with zero attached hydrogens (tertiary/aromatic N) is 2. The van der Waals surface area contributed by atoms with Gasteiger partial charge in [-0.15, -0.1) is 0 Å². The molecule has 0 spiro atoms. The van der Waals surface area contributed by atoms with Crippen molar-refractivity contribution in [2.75, 3.05) is 0 Å². The summed E-state index contributed by atoms with van der Waals surface area (Å²) in [4.78, 5) is 12.4. The molecule has 2 heterocycles. The van der Waals surface area contributed by atoms with Gasteiger partial charge in [-0.2, -0.15) is 5.10 Å². The number of Topliss-reactive ketones (excluding diaryl/α,β-unsaturated/α-hetero) is 1. The van der Waals surface area contributed by atoms with Crippen molar-refractivity contribution >= 4 is 11.4 Å². The molecule has 0 bridgehead atoms. The van der Waals surface area contributed by atoms with Crippen molar-refractivity contribution in [2.45, 2.75) is 26.9 Å². The lowest BCUT2D eigenvalue weighted by Gasteiger charge is -2.27. The zero-order valence-corrected chi connectivity index (χ0v) is 15.4. The minimum absolute atomic E-state index is 0.0388. The highest BCUT2D eigenvalue weighted by Crippen LogP contribution is 2.43. The summed E-state index contributed by atoms with van der Waals surface area (Å²) in [5.74, 6) is 0.767. The van der Waals surface area contributed by atoms with Crippen molar-refractivity contribution in [1.82, 2.24) is 9.78 Å². The van der Waals surface area contributed by atoms with Crippen LogP contribution in [0.2, 0.25) is 0 Å². The standard InChI is InChI=1S/C22H20N2O3/c1-13-19-21(16-9-11-18(26)12-10-16)20(14(2)25)15(3)27-22(19)24(23-13)17-7-5-4-6-8-17/h4-12,15,26H,1-3H3. The molecule has 27 heavy (non-hydrogen) atoms. The molecule has 0 fully saturated rings. The molecule has 2 aromatic carbocycles. The second kappa shape index (κ2) is 6.43. The second-order valence-corrected chi connectivity index (χ2v) is 6.66. The van der Waals surface area contributed by atoms with E-state index in [9.17, 15) is 9.90 Å². The third-order valence-corrected chi connectivity index (χ3v) is 4.77. The van der Waals surface area contributed by atoms with Gasteiger partial charge in [-0.25, -0.2) is 4.68 Å². The third-order valence-electron chi connectivity index (χ3n) is 4.77. The lowest BCUT2D eigenvalue weighted by molar-refractivity contribution is -0.114. The van der Waals surface area contributed by atoms with E-state index in [1.165, 1.54) is 0 Å². The highest BCUT2D eigenvalue weighted by molar-refractivity contribution is 6.07. The first-order valence-electron chi connectivity index (χ1n) is 8.84. The number of hydrogen-bond acceptors (Lipinski definition) is 4. The Balaban J connectivity index is 2.01. The molecule has 1 aromatic heterocycles.